The van der Waals surface area contributed by atoms with Gasteiger partial charge in [0.1, 0.15) is 5.82 Å². The maximum atomic E-state index is 12.7. The first kappa shape index (κ1) is 18.1. The molecule has 5 rings (SSSR count). The van der Waals surface area contributed by atoms with Gasteiger partial charge in [-0.2, -0.15) is 10.2 Å². The number of nitrogens with zero attached hydrogens (tertiary/aromatic N) is 6. The van der Waals surface area contributed by atoms with Crippen LogP contribution < -0.4 is 11.1 Å². The Morgan fingerprint density at radius 3 is 2.52 bits per heavy atom. The molecule has 2 aromatic heterocycles. The number of fused-ring (bicyclic) bond motifs is 3. The molecule has 2 aliphatic rings. The largest absolute Gasteiger partial charge is 0.332 e. The number of benzene rings is 1. The Hall–Kier alpha value is -3.00. The SMILES string of the molecule is Cc1ccc(Cn2nc3n(c(=O)c2=O)C[C@@H]2CN(Cc4cnn(C)c4)C[C@@H]32)cc1. The Balaban J connectivity index is 1.41. The van der Waals surface area contributed by atoms with Crippen molar-refractivity contribution in [3.8, 4) is 0 Å². The van der Waals surface area contributed by atoms with Gasteiger partial charge in [0.25, 0.3) is 0 Å². The minimum absolute atomic E-state index is 0.184. The molecule has 1 fully saturated rings. The van der Waals surface area contributed by atoms with E-state index in [1.54, 1.807) is 4.57 Å². The fourth-order valence-electron chi connectivity index (χ4n) is 4.59. The lowest BCUT2D eigenvalue weighted by Gasteiger charge is -2.17. The molecular formula is C21H24N6O2. The van der Waals surface area contributed by atoms with Crippen LogP contribution in [0.4, 0.5) is 0 Å². The van der Waals surface area contributed by atoms with E-state index in [2.05, 4.69) is 15.1 Å². The van der Waals surface area contributed by atoms with E-state index < -0.39 is 11.1 Å². The topological polar surface area (TPSA) is 78.0 Å². The molecule has 150 valence electrons. The summed E-state index contributed by atoms with van der Waals surface area (Å²) >= 11 is 0. The molecule has 1 aromatic carbocycles. The van der Waals surface area contributed by atoms with Crippen molar-refractivity contribution >= 4 is 0 Å². The van der Waals surface area contributed by atoms with Crippen LogP contribution in [0, 0.1) is 12.8 Å². The zero-order chi connectivity index (χ0) is 20.1. The molecule has 3 aromatic rings. The summed E-state index contributed by atoms with van der Waals surface area (Å²) in [5.41, 5.74) is 2.32. The molecule has 0 amide bonds. The Kier molecular flexibility index (Phi) is 4.24. The molecule has 0 aliphatic carbocycles. The lowest BCUT2D eigenvalue weighted by molar-refractivity contribution is 0.303. The van der Waals surface area contributed by atoms with E-state index in [1.807, 2.05) is 55.3 Å². The van der Waals surface area contributed by atoms with Crippen LogP contribution in [0.2, 0.25) is 0 Å². The van der Waals surface area contributed by atoms with Crippen molar-refractivity contribution in [1.82, 2.24) is 29.0 Å². The van der Waals surface area contributed by atoms with Gasteiger partial charge in [0, 0.05) is 56.8 Å². The molecule has 0 saturated carbocycles. The Bertz CT molecular complexity index is 1170. The molecule has 2 atom stereocenters. The zero-order valence-electron chi connectivity index (χ0n) is 16.7. The Morgan fingerprint density at radius 2 is 1.79 bits per heavy atom. The van der Waals surface area contributed by atoms with Crippen LogP contribution in [0.15, 0.2) is 46.2 Å². The predicted molar refractivity (Wildman–Crippen MR) is 108 cm³/mol. The number of hydrogen-bond donors (Lipinski definition) is 0. The monoisotopic (exact) mass is 392 g/mol. The number of hydrogen-bond acceptors (Lipinski definition) is 5. The molecule has 4 heterocycles. The molecule has 29 heavy (non-hydrogen) atoms. The van der Waals surface area contributed by atoms with Gasteiger partial charge in [0.2, 0.25) is 0 Å². The fourth-order valence-corrected chi connectivity index (χ4v) is 4.59. The minimum Gasteiger partial charge on any atom is -0.298 e. The number of likely N-dealkylation sites (tertiary alicyclic amines) is 1. The molecular weight excluding hydrogens is 368 g/mol. The number of aromatic nitrogens is 5. The predicted octanol–water partition coefficient (Wildman–Crippen LogP) is 0.724. The highest BCUT2D eigenvalue weighted by molar-refractivity contribution is 5.21. The van der Waals surface area contributed by atoms with E-state index in [9.17, 15) is 9.59 Å². The average molecular weight is 392 g/mol. The normalized spacial score (nSPS) is 20.8. The van der Waals surface area contributed by atoms with Crippen molar-refractivity contribution in [1.29, 1.82) is 0 Å². The summed E-state index contributed by atoms with van der Waals surface area (Å²) in [5.74, 6) is 1.26. The quantitative estimate of drug-likeness (QED) is 0.612. The van der Waals surface area contributed by atoms with Crippen LogP contribution in [-0.4, -0.2) is 42.1 Å². The molecule has 0 unspecified atom stereocenters. The fraction of sp³-hybridized carbons (Fsp3) is 0.429. The summed E-state index contributed by atoms with van der Waals surface area (Å²) in [7, 11) is 1.92. The lowest BCUT2D eigenvalue weighted by atomic mass is 10.00. The van der Waals surface area contributed by atoms with Gasteiger partial charge in [0.15, 0.2) is 0 Å². The maximum Gasteiger partial charge on any atom is 0.332 e. The van der Waals surface area contributed by atoms with Crippen molar-refractivity contribution in [3.05, 3.63) is 79.9 Å². The third-order valence-corrected chi connectivity index (χ3v) is 6.05. The van der Waals surface area contributed by atoms with Crippen molar-refractivity contribution < 1.29 is 0 Å². The van der Waals surface area contributed by atoms with Crippen molar-refractivity contribution in [2.75, 3.05) is 13.1 Å². The highest BCUT2D eigenvalue weighted by Crippen LogP contribution is 2.37. The second-order valence-corrected chi connectivity index (χ2v) is 8.31. The molecule has 0 bridgehead atoms. The van der Waals surface area contributed by atoms with Crippen molar-refractivity contribution in [3.63, 3.8) is 0 Å². The Labute approximate surface area is 168 Å². The Morgan fingerprint density at radius 1 is 1.00 bits per heavy atom. The summed E-state index contributed by atoms with van der Waals surface area (Å²) < 4.78 is 4.75. The van der Waals surface area contributed by atoms with E-state index in [0.717, 1.165) is 36.6 Å². The summed E-state index contributed by atoms with van der Waals surface area (Å²) in [6, 6.07) is 7.96. The van der Waals surface area contributed by atoms with Gasteiger partial charge in [-0.1, -0.05) is 29.8 Å². The van der Waals surface area contributed by atoms with Crippen molar-refractivity contribution in [2.24, 2.45) is 13.0 Å². The molecule has 2 aliphatic heterocycles. The maximum absolute atomic E-state index is 12.7. The molecule has 1 saturated heterocycles. The van der Waals surface area contributed by atoms with Gasteiger partial charge in [-0.25, -0.2) is 4.68 Å². The summed E-state index contributed by atoms with van der Waals surface area (Å²) in [4.78, 5) is 27.7. The first-order valence-electron chi connectivity index (χ1n) is 9.95. The van der Waals surface area contributed by atoms with Gasteiger partial charge < -0.3 is 0 Å². The van der Waals surface area contributed by atoms with Gasteiger partial charge >= 0.3 is 11.1 Å². The van der Waals surface area contributed by atoms with E-state index in [-0.39, 0.29) is 5.92 Å². The smallest absolute Gasteiger partial charge is 0.298 e. The standard InChI is InChI=1S/C21H24N6O2/c1-14-3-5-15(6-4-14)10-27-21(29)20(28)26-12-17-11-25(13-18(17)19(26)23-27)9-16-7-22-24(2)8-16/h3-8,17-18H,9-13H2,1-2H3/t17-,18+/m0/s1. The zero-order valence-corrected chi connectivity index (χ0v) is 16.7. The van der Waals surface area contributed by atoms with Gasteiger partial charge in [-0.05, 0) is 12.5 Å². The van der Waals surface area contributed by atoms with Crippen LogP contribution in [0.3, 0.4) is 0 Å². The van der Waals surface area contributed by atoms with Gasteiger partial charge in [-0.3, -0.25) is 23.7 Å². The molecule has 8 nitrogen and oxygen atoms in total. The van der Waals surface area contributed by atoms with Crippen LogP contribution in [0.5, 0.6) is 0 Å². The van der Waals surface area contributed by atoms with Crippen LogP contribution in [0.25, 0.3) is 0 Å². The number of rotatable bonds is 4. The molecule has 0 radical (unpaired) electrons. The van der Waals surface area contributed by atoms with Gasteiger partial charge in [-0.15, -0.1) is 0 Å². The first-order chi connectivity index (χ1) is 14.0. The summed E-state index contributed by atoms with van der Waals surface area (Å²) in [6.07, 6.45) is 3.92. The average Bonchev–Trinajstić information content (AvgIpc) is 3.37. The van der Waals surface area contributed by atoms with Gasteiger partial charge in [0.05, 0.1) is 12.7 Å². The third-order valence-electron chi connectivity index (χ3n) is 6.05. The van der Waals surface area contributed by atoms with Crippen LogP contribution in [0.1, 0.15) is 28.4 Å². The molecule has 0 N–H and O–H groups in total. The second kappa shape index (κ2) is 6.81. The van der Waals surface area contributed by atoms with E-state index in [4.69, 9.17) is 0 Å². The van der Waals surface area contributed by atoms with E-state index >= 15 is 0 Å². The highest BCUT2D eigenvalue weighted by Gasteiger charge is 2.42. The minimum atomic E-state index is -0.540. The first-order valence-corrected chi connectivity index (χ1v) is 9.95. The third kappa shape index (κ3) is 3.23. The summed E-state index contributed by atoms with van der Waals surface area (Å²) in [6.45, 7) is 5.50. The van der Waals surface area contributed by atoms with E-state index in [0.29, 0.717) is 19.0 Å². The van der Waals surface area contributed by atoms with E-state index in [1.165, 1.54) is 10.2 Å². The number of aryl methyl sites for hydroxylation is 2. The molecule has 8 heteroatoms. The van der Waals surface area contributed by atoms with Crippen molar-refractivity contribution in [2.45, 2.75) is 32.5 Å². The summed E-state index contributed by atoms with van der Waals surface area (Å²) in [5, 5.41) is 8.88. The lowest BCUT2D eigenvalue weighted by Crippen LogP contribution is -2.44. The molecule has 0 spiro atoms. The van der Waals surface area contributed by atoms with Crippen LogP contribution >= 0.6 is 0 Å². The van der Waals surface area contributed by atoms with Crippen LogP contribution in [-0.2, 0) is 26.7 Å². The highest BCUT2D eigenvalue weighted by atomic mass is 16.2. The second-order valence-electron chi connectivity index (χ2n) is 8.31.